The number of fused-ring (bicyclic) bond motifs is 6. The minimum Gasteiger partial charge on any atom is -0.507 e. The fourth-order valence-corrected chi connectivity index (χ4v) is 4.91. The average Bonchev–Trinajstić information content (AvgIpc) is 3.33. The van der Waals surface area contributed by atoms with Crippen LogP contribution in [0.4, 0.5) is 0 Å². The molecule has 0 amide bonds. The smallest absolute Gasteiger partial charge is 0.343 e. The van der Waals surface area contributed by atoms with Crippen molar-refractivity contribution in [2.45, 2.75) is 44.4 Å². The maximum absolute atomic E-state index is 12.8. The highest BCUT2D eigenvalue weighted by Crippen LogP contribution is 2.60. The molecule has 3 aromatic carbocycles. The molecule has 0 aromatic heterocycles. The van der Waals surface area contributed by atoms with Crippen molar-refractivity contribution in [2.75, 3.05) is 0 Å². The molecule has 136 valence electrons. The Morgan fingerprint density at radius 2 is 1.78 bits per heavy atom. The lowest BCUT2D eigenvalue weighted by Crippen LogP contribution is -2.12. The largest absolute Gasteiger partial charge is 0.507 e. The fraction of sp³-hybridized carbons (Fsp3) is 0.292. The van der Waals surface area contributed by atoms with Gasteiger partial charge in [-0.15, -0.1) is 0 Å². The monoisotopic (exact) mass is 358 g/mol. The predicted octanol–water partition coefficient (Wildman–Crippen LogP) is 5.69. The molecule has 1 N–H and O–H groups in total. The highest BCUT2D eigenvalue weighted by Gasteiger charge is 2.42. The Morgan fingerprint density at radius 3 is 2.52 bits per heavy atom. The van der Waals surface area contributed by atoms with E-state index in [0.717, 1.165) is 47.6 Å². The molecular weight excluding hydrogens is 336 g/mol. The van der Waals surface area contributed by atoms with Gasteiger partial charge in [0.2, 0.25) is 0 Å². The molecule has 2 aliphatic rings. The number of benzene rings is 3. The lowest BCUT2D eigenvalue weighted by Gasteiger charge is -2.22. The molecule has 27 heavy (non-hydrogen) atoms. The van der Waals surface area contributed by atoms with Crippen LogP contribution in [0, 0.1) is 0 Å². The van der Waals surface area contributed by atoms with Crippen LogP contribution in [0.2, 0.25) is 0 Å². The number of carbonyl (C=O) groups is 1. The number of phenolic OH excluding ortho intramolecular Hbond substituents is 1. The molecule has 2 bridgehead atoms. The molecule has 0 saturated heterocycles. The Morgan fingerprint density at radius 1 is 1.04 bits per heavy atom. The lowest BCUT2D eigenvalue weighted by atomic mass is 9.86. The Bertz CT molecular complexity index is 1050. The van der Waals surface area contributed by atoms with Crippen molar-refractivity contribution in [1.29, 1.82) is 0 Å². The number of aryl methyl sites for hydroxylation is 1. The fourth-order valence-electron chi connectivity index (χ4n) is 4.91. The van der Waals surface area contributed by atoms with E-state index < -0.39 is 0 Å². The van der Waals surface area contributed by atoms with Gasteiger partial charge in [-0.05, 0) is 61.3 Å². The van der Waals surface area contributed by atoms with Crippen LogP contribution in [0.15, 0.2) is 48.5 Å². The van der Waals surface area contributed by atoms with Gasteiger partial charge in [0.25, 0.3) is 0 Å². The number of carbonyl (C=O) groups excluding carboxylic acids is 1. The Hall–Kier alpha value is -2.81. The third kappa shape index (κ3) is 2.45. The van der Waals surface area contributed by atoms with Gasteiger partial charge in [-0.3, -0.25) is 0 Å². The van der Waals surface area contributed by atoms with Crippen LogP contribution in [0.3, 0.4) is 0 Å². The van der Waals surface area contributed by atoms with Crippen molar-refractivity contribution < 1.29 is 14.6 Å². The van der Waals surface area contributed by atoms with Crippen molar-refractivity contribution in [3.8, 4) is 11.5 Å². The summed E-state index contributed by atoms with van der Waals surface area (Å²) >= 11 is 0. The second kappa shape index (κ2) is 6.12. The summed E-state index contributed by atoms with van der Waals surface area (Å²) in [7, 11) is 0. The normalized spacial score (nSPS) is 20.0. The summed E-state index contributed by atoms with van der Waals surface area (Å²) < 4.78 is 6.01. The first-order valence-electron chi connectivity index (χ1n) is 9.76. The van der Waals surface area contributed by atoms with Gasteiger partial charge >= 0.3 is 5.97 Å². The van der Waals surface area contributed by atoms with Crippen molar-refractivity contribution in [3.05, 3.63) is 70.8 Å². The van der Waals surface area contributed by atoms with Crippen LogP contribution in [0.1, 0.15) is 65.1 Å². The summed E-state index contributed by atoms with van der Waals surface area (Å²) in [6, 6.07) is 15.2. The molecule has 5 rings (SSSR count). The van der Waals surface area contributed by atoms with Gasteiger partial charge in [0.15, 0.2) is 0 Å². The zero-order valence-electron chi connectivity index (χ0n) is 15.4. The van der Waals surface area contributed by atoms with Crippen molar-refractivity contribution in [3.63, 3.8) is 0 Å². The summed E-state index contributed by atoms with van der Waals surface area (Å²) in [6.07, 6.45) is 4.16. The molecule has 0 radical (unpaired) electrons. The van der Waals surface area contributed by atoms with E-state index in [9.17, 15) is 9.90 Å². The quantitative estimate of drug-likeness (QED) is 0.483. The van der Waals surface area contributed by atoms with E-state index >= 15 is 0 Å². The van der Waals surface area contributed by atoms with Crippen molar-refractivity contribution >= 4 is 16.7 Å². The Balaban J connectivity index is 1.73. The molecule has 0 heterocycles. The summed E-state index contributed by atoms with van der Waals surface area (Å²) in [5.74, 6) is 1.47. The molecule has 0 aliphatic heterocycles. The number of ether oxygens (including phenoxy) is 1. The van der Waals surface area contributed by atoms with Gasteiger partial charge < -0.3 is 9.84 Å². The van der Waals surface area contributed by atoms with Gasteiger partial charge in [-0.1, -0.05) is 37.3 Å². The van der Waals surface area contributed by atoms with E-state index in [1.165, 1.54) is 5.56 Å². The van der Waals surface area contributed by atoms with Gasteiger partial charge in [-0.25, -0.2) is 4.79 Å². The third-order valence-electron chi connectivity index (χ3n) is 6.24. The first kappa shape index (κ1) is 16.4. The molecule has 3 nitrogen and oxygen atoms in total. The van der Waals surface area contributed by atoms with Gasteiger partial charge in [0.05, 0.1) is 5.56 Å². The average molecular weight is 358 g/mol. The molecule has 0 spiro atoms. The molecule has 2 unspecified atom stereocenters. The first-order chi connectivity index (χ1) is 13.2. The highest BCUT2D eigenvalue weighted by molar-refractivity contribution is 6.00. The van der Waals surface area contributed by atoms with Crippen LogP contribution >= 0.6 is 0 Å². The van der Waals surface area contributed by atoms with Gasteiger partial charge in [0, 0.05) is 21.9 Å². The molecule has 3 aromatic rings. The Labute approximate surface area is 158 Å². The van der Waals surface area contributed by atoms with Gasteiger partial charge in [-0.2, -0.15) is 0 Å². The van der Waals surface area contributed by atoms with Crippen LogP contribution < -0.4 is 4.74 Å². The topological polar surface area (TPSA) is 46.5 Å². The van der Waals surface area contributed by atoms with E-state index in [-0.39, 0.29) is 5.97 Å². The van der Waals surface area contributed by atoms with E-state index in [1.54, 1.807) is 12.1 Å². The summed E-state index contributed by atoms with van der Waals surface area (Å²) in [6.45, 7) is 2.10. The second-order valence-electron chi connectivity index (χ2n) is 7.70. The summed E-state index contributed by atoms with van der Waals surface area (Å²) in [5.41, 5.74) is 3.79. The number of hydrogen-bond acceptors (Lipinski definition) is 3. The number of hydrogen-bond donors (Lipinski definition) is 1. The summed E-state index contributed by atoms with van der Waals surface area (Å²) in [5, 5.41) is 12.6. The third-order valence-corrected chi connectivity index (χ3v) is 6.24. The zero-order valence-corrected chi connectivity index (χ0v) is 15.4. The van der Waals surface area contributed by atoms with Crippen LogP contribution in [-0.4, -0.2) is 11.1 Å². The van der Waals surface area contributed by atoms with E-state index in [4.69, 9.17) is 4.74 Å². The van der Waals surface area contributed by atoms with E-state index in [2.05, 4.69) is 13.0 Å². The number of esters is 1. The first-order valence-corrected chi connectivity index (χ1v) is 9.76. The number of phenols is 1. The maximum atomic E-state index is 12.8. The number of aromatic hydroxyl groups is 1. The van der Waals surface area contributed by atoms with Crippen LogP contribution in [0.25, 0.3) is 10.8 Å². The predicted molar refractivity (Wildman–Crippen MR) is 106 cm³/mol. The van der Waals surface area contributed by atoms with Crippen molar-refractivity contribution in [2.24, 2.45) is 0 Å². The summed E-state index contributed by atoms with van der Waals surface area (Å²) in [4.78, 5) is 12.8. The Kier molecular flexibility index (Phi) is 3.71. The minimum atomic E-state index is -0.338. The number of rotatable bonds is 3. The standard InChI is InChI=1S/C24H22O3/c1-2-14-8-11-18-19(12-14)23(27-24(26)15-6-4-3-5-7-15)21-17-10-9-16(13-17)20(21)22(18)25/h3-8,11-12,16-17,25H,2,9-10,13H2,1H3. The van der Waals surface area contributed by atoms with Gasteiger partial charge in [0.1, 0.15) is 11.5 Å². The second-order valence-corrected chi connectivity index (χ2v) is 7.70. The van der Waals surface area contributed by atoms with Crippen LogP contribution in [-0.2, 0) is 6.42 Å². The SMILES string of the molecule is CCc1ccc2c(O)c3c(c(OC(=O)c4ccccc4)c2c1)C1CCC3C1. The molecule has 3 heteroatoms. The molecule has 1 saturated carbocycles. The highest BCUT2D eigenvalue weighted by atomic mass is 16.5. The van der Waals surface area contributed by atoms with Crippen molar-refractivity contribution in [1.82, 2.24) is 0 Å². The van der Waals surface area contributed by atoms with E-state index in [1.807, 2.05) is 30.3 Å². The molecule has 2 atom stereocenters. The lowest BCUT2D eigenvalue weighted by molar-refractivity contribution is 0.0735. The maximum Gasteiger partial charge on any atom is 0.343 e. The molecule has 2 aliphatic carbocycles. The van der Waals surface area contributed by atoms with Crippen LogP contribution in [0.5, 0.6) is 11.5 Å². The van der Waals surface area contributed by atoms with E-state index in [0.29, 0.717) is 28.9 Å². The zero-order chi connectivity index (χ0) is 18.5. The molecule has 1 fully saturated rings. The molecular formula is C24H22O3. The minimum absolute atomic E-state index is 0.338.